The number of carbonyl (C=O) groups is 1. The second-order valence-electron chi connectivity index (χ2n) is 7.35. The summed E-state index contributed by atoms with van der Waals surface area (Å²) >= 11 is 0. The summed E-state index contributed by atoms with van der Waals surface area (Å²) in [5.41, 5.74) is 2.38. The Labute approximate surface area is 177 Å². The Bertz CT molecular complexity index is 1040. The number of nitrogens with zero attached hydrogens (tertiary/aromatic N) is 2. The summed E-state index contributed by atoms with van der Waals surface area (Å²) in [5.74, 6) is -0.470. The van der Waals surface area contributed by atoms with Gasteiger partial charge in [0.05, 0.1) is 22.9 Å². The molecule has 0 aliphatic rings. The van der Waals surface area contributed by atoms with Gasteiger partial charge in [0.15, 0.2) is 0 Å². The molecule has 30 heavy (non-hydrogen) atoms. The SMILES string of the molecule is CC[C@H](C(=O)N[C@@H](C)c1ccc(C)cc1)N(c1cc([N+](=O)[O-])ccc1C)S(C)(=O)=O. The Morgan fingerprint density at radius 1 is 1.17 bits per heavy atom. The normalized spacial score (nSPS) is 13.4. The Morgan fingerprint density at radius 3 is 2.27 bits per heavy atom. The highest BCUT2D eigenvalue weighted by Gasteiger charge is 2.33. The lowest BCUT2D eigenvalue weighted by molar-refractivity contribution is -0.384. The number of aryl methyl sites for hydroxylation is 2. The molecule has 0 aliphatic heterocycles. The molecule has 0 bridgehead atoms. The monoisotopic (exact) mass is 433 g/mol. The highest BCUT2D eigenvalue weighted by atomic mass is 32.2. The van der Waals surface area contributed by atoms with Gasteiger partial charge in [0, 0.05) is 12.1 Å². The minimum Gasteiger partial charge on any atom is -0.348 e. The molecule has 2 atom stereocenters. The maximum Gasteiger partial charge on any atom is 0.271 e. The van der Waals surface area contributed by atoms with E-state index < -0.39 is 26.9 Å². The van der Waals surface area contributed by atoms with Crippen molar-refractivity contribution in [2.75, 3.05) is 10.6 Å². The molecule has 8 nitrogen and oxygen atoms in total. The standard InChI is InChI=1S/C21H27N3O5S/c1-6-19(21(25)22-16(4)17-10-7-14(2)8-11-17)23(30(5,28)29)20-13-18(24(26)27)12-9-15(20)3/h7-13,16,19H,6H2,1-5H3,(H,22,25)/t16-,19+/m0/s1. The maximum atomic E-state index is 13.1. The van der Waals surface area contributed by atoms with E-state index in [2.05, 4.69) is 5.32 Å². The summed E-state index contributed by atoms with van der Waals surface area (Å²) in [4.78, 5) is 23.7. The fraction of sp³-hybridized carbons (Fsp3) is 0.381. The van der Waals surface area contributed by atoms with Crippen LogP contribution in [-0.4, -0.2) is 31.5 Å². The van der Waals surface area contributed by atoms with Crippen molar-refractivity contribution in [1.82, 2.24) is 5.32 Å². The van der Waals surface area contributed by atoms with Crippen molar-refractivity contribution >= 4 is 27.3 Å². The summed E-state index contributed by atoms with van der Waals surface area (Å²) in [7, 11) is -3.90. The minimum atomic E-state index is -3.90. The number of sulfonamides is 1. The van der Waals surface area contributed by atoms with Gasteiger partial charge in [-0.05, 0) is 38.3 Å². The average Bonchev–Trinajstić information content (AvgIpc) is 2.66. The molecule has 0 spiro atoms. The smallest absolute Gasteiger partial charge is 0.271 e. The Morgan fingerprint density at radius 2 is 1.77 bits per heavy atom. The van der Waals surface area contributed by atoms with Crippen molar-refractivity contribution in [3.8, 4) is 0 Å². The van der Waals surface area contributed by atoms with Crippen LogP contribution in [0.4, 0.5) is 11.4 Å². The summed E-state index contributed by atoms with van der Waals surface area (Å²) < 4.78 is 26.3. The molecule has 2 aromatic rings. The van der Waals surface area contributed by atoms with Gasteiger partial charge >= 0.3 is 0 Å². The third-order valence-electron chi connectivity index (χ3n) is 4.91. The molecule has 0 saturated carbocycles. The van der Waals surface area contributed by atoms with E-state index in [-0.39, 0.29) is 23.8 Å². The van der Waals surface area contributed by atoms with Gasteiger partial charge in [-0.3, -0.25) is 19.2 Å². The second kappa shape index (κ2) is 9.25. The van der Waals surface area contributed by atoms with Crippen LogP contribution in [0.3, 0.4) is 0 Å². The van der Waals surface area contributed by atoms with Crippen molar-refractivity contribution in [3.05, 3.63) is 69.3 Å². The number of hydrogen-bond donors (Lipinski definition) is 1. The van der Waals surface area contributed by atoms with E-state index >= 15 is 0 Å². The summed E-state index contributed by atoms with van der Waals surface area (Å²) in [5, 5.41) is 14.1. The van der Waals surface area contributed by atoms with E-state index in [1.165, 1.54) is 18.2 Å². The molecule has 1 N–H and O–H groups in total. The number of non-ortho nitro benzene ring substituents is 1. The van der Waals surface area contributed by atoms with Gasteiger partial charge in [-0.25, -0.2) is 8.42 Å². The van der Waals surface area contributed by atoms with Gasteiger partial charge in [-0.1, -0.05) is 42.8 Å². The first-order chi connectivity index (χ1) is 14.0. The number of rotatable bonds is 8. The van der Waals surface area contributed by atoms with E-state index in [9.17, 15) is 23.3 Å². The number of hydrogen-bond acceptors (Lipinski definition) is 5. The summed E-state index contributed by atoms with van der Waals surface area (Å²) in [6.45, 7) is 7.13. The zero-order chi connectivity index (χ0) is 22.6. The van der Waals surface area contributed by atoms with Gasteiger partial charge in [0.2, 0.25) is 15.9 Å². The van der Waals surface area contributed by atoms with Gasteiger partial charge in [-0.2, -0.15) is 0 Å². The minimum absolute atomic E-state index is 0.122. The quantitative estimate of drug-likeness (QED) is 0.505. The van der Waals surface area contributed by atoms with Crippen LogP contribution in [0.5, 0.6) is 0 Å². The van der Waals surface area contributed by atoms with Crippen molar-refractivity contribution in [3.63, 3.8) is 0 Å². The molecule has 2 rings (SSSR count). The second-order valence-corrected chi connectivity index (χ2v) is 9.21. The van der Waals surface area contributed by atoms with Crippen LogP contribution < -0.4 is 9.62 Å². The molecular formula is C21H27N3O5S. The topological polar surface area (TPSA) is 110 Å². The zero-order valence-electron chi connectivity index (χ0n) is 17.7. The first kappa shape index (κ1) is 23.3. The van der Waals surface area contributed by atoms with Crippen molar-refractivity contribution in [2.24, 2.45) is 0 Å². The third kappa shape index (κ3) is 5.35. The molecular weight excluding hydrogens is 406 g/mol. The molecule has 0 unspecified atom stereocenters. The fourth-order valence-corrected chi connectivity index (χ4v) is 4.49. The molecule has 2 aromatic carbocycles. The third-order valence-corrected chi connectivity index (χ3v) is 6.07. The molecule has 0 heterocycles. The zero-order valence-corrected chi connectivity index (χ0v) is 18.6. The van der Waals surface area contributed by atoms with Gasteiger partial charge in [0.25, 0.3) is 5.69 Å². The number of amides is 1. The number of nitro groups is 1. The lowest BCUT2D eigenvalue weighted by Gasteiger charge is -2.32. The molecule has 1 amide bonds. The van der Waals surface area contributed by atoms with Crippen LogP contribution in [0, 0.1) is 24.0 Å². The molecule has 0 radical (unpaired) electrons. The molecule has 0 fully saturated rings. The van der Waals surface area contributed by atoms with E-state index in [0.29, 0.717) is 5.56 Å². The van der Waals surface area contributed by atoms with Crippen molar-refractivity contribution in [2.45, 2.75) is 46.2 Å². The van der Waals surface area contributed by atoms with E-state index in [1.807, 2.05) is 38.1 Å². The first-order valence-electron chi connectivity index (χ1n) is 9.57. The van der Waals surface area contributed by atoms with Crippen LogP contribution in [0.1, 0.15) is 43.0 Å². The van der Waals surface area contributed by atoms with E-state index in [0.717, 1.165) is 21.7 Å². The van der Waals surface area contributed by atoms with Crippen LogP contribution >= 0.6 is 0 Å². The average molecular weight is 434 g/mol. The largest absolute Gasteiger partial charge is 0.348 e. The van der Waals surface area contributed by atoms with Gasteiger partial charge < -0.3 is 5.32 Å². The maximum absolute atomic E-state index is 13.1. The number of nitrogens with one attached hydrogen (secondary N) is 1. The molecule has 162 valence electrons. The number of carbonyl (C=O) groups excluding carboxylic acids is 1. The Kier molecular flexibility index (Phi) is 7.20. The molecule has 0 aromatic heterocycles. The number of anilines is 1. The van der Waals surface area contributed by atoms with E-state index in [4.69, 9.17) is 0 Å². The van der Waals surface area contributed by atoms with Gasteiger partial charge in [0.1, 0.15) is 6.04 Å². The predicted octanol–water partition coefficient (Wildman–Crippen LogP) is 3.63. The van der Waals surface area contributed by atoms with Crippen LogP contribution in [0.25, 0.3) is 0 Å². The lowest BCUT2D eigenvalue weighted by atomic mass is 10.1. The van der Waals surface area contributed by atoms with Crippen LogP contribution in [0.2, 0.25) is 0 Å². The Balaban J connectivity index is 2.42. The van der Waals surface area contributed by atoms with Gasteiger partial charge in [-0.15, -0.1) is 0 Å². The van der Waals surface area contributed by atoms with Crippen molar-refractivity contribution in [1.29, 1.82) is 0 Å². The highest BCUT2D eigenvalue weighted by molar-refractivity contribution is 7.92. The van der Waals surface area contributed by atoms with E-state index in [1.54, 1.807) is 13.8 Å². The van der Waals surface area contributed by atoms with Crippen molar-refractivity contribution < 1.29 is 18.1 Å². The molecule has 9 heteroatoms. The molecule has 0 aliphatic carbocycles. The summed E-state index contributed by atoms with van der Waals surface area (Å²) in [6, 6.07) is 10.3. The Hall–Kier alpha value is -2.94. The summed E-state index contributed by atoms with van der Waals surface area (Å²) in [6.07, 6.45) is 1.19. The van der Waals surface area contributed by atoms with Crippen LogP contribution in [-0.2, 0) is 14.8 Å². The fourth-order valence-electron chi connectivity index (χ4n) is 3.23. The lowest BCUT2D eigenvalue weighted by Crippen LogP contribution is -2.50. The number of benzene rings is 2. The van der Waals surface area contributed by atoms with Crippen LogP contribution in [0.15, 0.2) is 42.5 Å². The first-order valence-corrected chi connectivity index (χ1v) is 11.4. The number of nitro benzene ring substituents is 1. The predicted molar refractivity (Wildman–Crippen MR) is 117 cm³/mol. The molecule has 0 saturated heterocycles. The highest BCUT2D eigenvalue weighted by Crippen LogP contribution is 2.30.